The van der Waals surface area contributed by atoms with Crippen LogP contribution in [0.2, 0.25) is 0 Å². The van der Waals surface area contributed by atoms with Gasteiger partial charge in [-0.1, -0.05) is 29.4 Å². The molecule has 4 fully saturated rings. The summed E-state index contributed by atoms with van der Waals surface area (Å²) in [6, 6.07) is 0. The molecule has 6 heteroatoms. The van der Waals surface area contributed by atoms with Crippen LogP contribution in [0.3, 0.4) is 0 Å². The number of carbonyl (C=O) groups is 1. The first-order valence-corrected chi connectivity index (χ1v) is 13.7. The van der Waals surface area contributed by atoms with Crippen molar-refractivity contribution in [2.45, 2.75) is 116 Å². The lowest BCUT2D eigenvalue weighted by Crippen LogP contribution is -2.58. The molecular weight excluding hydrogens is 456 g/mol. The Bertz CT molecular complexity index is 936. The van der Waals surface area contributed by atoms with E-state index in [2.05, 4.69) is 6.08 Å². The van der Waals surface area contributed by atoms with Crippen molar-refractivity contribution in [2.75, 3.05) is 6.61 Å². The van der Waals surface area contributed by atoms with Crippen molar-refractivity contribution in [1.29, 1.82) is 0 Å². The van der Waals surface area contributed by atoms with Gasteiger partial charge in [-0.05, 0) is 104 Å². The molecule has 1 spiro atoms. The van der Waals surface area contributed by atoms with Gasteiger partial charge in [-0.25, -0.2) is 0 Å². The molecule has 2 aliphatic heterocycles. The van der Waals surface area contributed by atoms with Crippen LogP contribution in [0.25, 0.3) is 0 Å². The topological polar surface area (TPSA) is 96.2 Å². The van der Waals surface area contributed by atoms with Gasteiger partial charge in [0.05, 0.1) is 28.3 Å². The summed E-state index contributed by atoms with van der Waals surface area (Å²) in [5.74, 6) is -0.0993. The Morgan fingerprint density at radius 3 is 2.53 bits per heavy atom. The predicted octanol–water partition coefficient (Wildman–Crippen LogP) is 4.63. The second-order valence-corrected chi connectivity index (χ2v) is 12.9. The van der Waals surface area contributed by atoms with E-state index in [9.17, 15) is 20.1 Å². The Kier molecular flexibility index (Phi) is 7.53. The highest BCUT2D eigenvalue weighted by Gasteiger charge is 2.65. The van der Waals surface area contributed by atoms with Gasteiger partial charge in [0.2, 0.25) is 0 Å². The zero-order valence-corrected chi connectivity index (χ0v) is 22.9. The smallest absolute Gasteiger partial charge is 0.167 e. The molecule has 0 aromatic heterocycles. The van der Waals surface area contributed by atoms with Crippen molar-refractivity contribution in [1.82, 2.24) is 0 Å². The minimum Gasteiger partial charge on any atom is -0.390 e. The van der Waals surface area contributed by atoms with Crippen molar-refractivity contribution in [3.05, 3.63) is 34.9 Å². The van der Waals surface area contributed by atoms with E-state index in [0.717, 1.165) is 48.7 Å². The number of aldehydes is 1. The first-order valence-electron chi connectivity index (χ1n) is 13.7. The quantitative estimate of drug-likeness (QED) is 0.288. The van der Waals surface area contributed by atoms with Crippen LogP contribution in [0.15, 0.2) is 34.9 Å². The van der Waals surface area contributed by atoms with Gasteiger partial charge in [-0.15, -0.1) is 0 Å². The molecule has 0 radical (unpaired) electrons. The Balaban J connectivity index is 1.61. The molecule has 4 rings (SSSR count). The molecule has 2 heterocycles. The van der Waals surface area contributed by atoms with Crippen molar-refractivity contribution in [3.8, 4) is 0 Å². The van der Waals surface area contributed by atoms with Crippen LogP contribution >= 0.6 is 0 Å². The number of ether oxygens (including phenoxy) is 2. The normalized spacial score (nSPS) is 45.4. The summed E-state index contributed by atoms with van der Waals surface area (Å²) in [6.45, 7) is 11.9. The Labute approximate surface area is 216 Å². The number of hydrogen-bond acceptors (Lipinski definition) is 6. The molecule has 0 bridgehead atoms. The van der Waals surface area contributed by atoms with Crippen molar-refractivity contribution in [3.63, 3.8) is 0 Å². The van der Waals surface area contributed by atoms with Gasteiger partial charge in [-0.2, -0.15) is 0 Å². The van der Waals surface area contributed by atoms with Gasteiger partial charge in [0.25, 0.3) is 0 Å². The summed E-state index contributed by atoms with van der Waals surface area (Å²) in [7, 11) is 0. The minimum absolute atomic E-state index is 0.0115. The number of carbonyl (C=O) groups excluding carboxylic acids is 1. The van der Waals surface area contributed by atoms with E-state index in [0.29, 0.717) is 25.9 Å². The molecule has 0 aromatic rings. The first-order chi connectivity index (χ1) is 16.7. The SMILES string of the molecule is CC(/C=C/[C@@H]1[C@@H](C(C)(C)O)CC[C@@]1(C)O)=C\[C@H]1C[C@@]23[C@H](OCCC[C@@H]2/C(=C(\C)C=O)CC[C@]3(C)O)O1. The van der Waals surface area contributed by atoms with E-state index in [1.54, 1.807) is 0 Å². The van der Waals surface area contributed by atoms with Crippen LogP contribution in [-0.2, 0) is 14.3 Å². The van der Waals surface area contributed by atoms with E-state index >= 15 is 0 Å². The van der Waals surface area contributed by atoms with E-state index in [4.69, 9.17) is 9.47 Å². The third-order valence-corrected chi connectivity index (χ3v) is 9.81. The van der Waals surface area contributed by atoms with Gasteiger partial charge >= 0.3 is 0 Å². The molecule has 0 unspecified atom stereocenters. The lowest BCUT2D eigenvalue weighted by atomic mass is 9.53. The van der Waals surface area contributed by atoms with E-state index in [1.165, 1.54) is 0 Å². The zero-order valence-electron chi connectivity index (χ0n) is 22.9. The van der Waals surface area contributed by atoms with Gasteiger partial charge < -0.3 is 24.8 Å². The number of allylic oxidation sites excluding steroid dienone is 4. The van der Waals surface area contributed by atoms with Gasteiger partial charge in [0.1, 0.15) is 6.29 Å². The zero-order chi connectivity index (χ0) is 26.5. The van der Waals surface area contributed by atoms with Crippen LogP contribution in [0.1, 0.15) is 86.5 Å². The first kappa shape index (κ1) is 27.7. The summed E-state index contributed by atoms with van der Waals surface area (Å²) < 4.78 is 12.7. The summed E-state index contributed by atoms with van der Waals surface area (Å²) >= 11 is 0. The highest BCUT2D eigenvalue weighted by atomic mass is 16.7. The molecule has 6 nitrogen and oxygen atoms in total. The lowest BCUT2D eigenvalue weighted by molar-refractivity contribution is -0.230. The highest BCUT2D eigenvalue weighted by molar-refractivity contribution is 5.74. The van der Waals surface area contributed by atoms with Gasteiger partial charge in [-0.3, -0.25) is 4.79 Å². The van der Waals surface area contributed by atoms with Gasteiger partial charge in [0, 0.05) is 12.5 Å². The third-order valence-electron chi connectivity index (χ3n) is 9.81. The van der Waals surface area contributed by atoms with Gasteiger partial charge in [0.15, 0.2) is 6.29 Å². The van der Waals surface area contributed by atoms with Crippen molar-refractivity contribution >= 4 is 6.29 Å². The molecule has 0 amide bonds. The Morgan fingerprint density at radius 2 is 1.86 bits per heavy atom. The second kappa shape index (κ2) is 9.77. The minimum atomic E-state index is -0.964. The largest absolute Gasteiger partial charge is 0.390 e. The number of rotatable bonds is 5. The fraction of sp³-hybridized carbons (Fsp3) is 0.767. The predicted molar refractivity (Wildman–Crippen MR) is 139 cm³/mol. The number of aliphatic hydroxyl groups is 3. The van der Waals surface area contributed by atoms with Crippen LogP contribution in [0.4, 0.5) is 0 Å². The average Bonchev–Trinajstić information content (AvgIpc) is 3.23. The monoisotopic (exact) mass is 502 g/mol. The fourth-order valence-electron chi connectivity index (χ4n) is 7.72. The van der Waals surface area contributed by atoms with Crippen LogP contribution < -0.4 is 0 Å². The maximum absolute atomic E-state index is 11.7. The molecular formula is C30H46O6. The maximum atomic E-state index is 11.7. The molecule has 4 aliphatic rings. The molecule has 2 aliphatic carbocycles. The van der Waals surface area contributed by atoms with Crippen molar-refractivity contribution < 1.29 is 29.6 Å². The maximum Gasteiger partial charge on any atom is 0.167 e. The van der Waals surface area contributed by atoms with E-state index in [1.807, 2.05) is 53.7 Å². The van der Waals surface area contributed by atoms with Crippen LogP contribution in [0, 0.1) is 23.2 Å². The molecule has 2 saturated heterocycles. The van der Waals surface area contributed by atoms with E-state index < -0.39 is 28.5 Å². The van der Waals surface area contributed by atoms with Crippen molar-refractivity contribution in [2.24, 2.45) is 23.2 Å². The summed E-state index contributed by atoms with van der Waals surface area (Å²) in [5, 5.41) is 33.3. The standard InChI is InChI=1S/C30H46O6/c1-19(9-10-25-24(27(3,4)32)12-13-28(25,5)33)16-21-17-30-23(8-7-15-35-26(30)36-21)22(20(2)18-31)11-14-29(30,6)34/h9-10,16,18,21,23-26,32-34H,7-8,11-15,17H2,1-6H3/b10-9+,19-16+,22-20+/t21-,23+,24-,25+,26+,28+,29-,30-/m0/s1. The molecule has 8 atom stereocenters. The fourth-order valence-corrected chi connectivity index (χ4v) is 7.72. The lowest BCUT2D eigenvalue weighted by Gasteiger charge is -2.53. The summed E-state index contributed by atoms with van der Waals surface area (Å²) in [5.41, 5.74) is -0.340. The molecule has 0 aromatic carbocycles. The Morgan fingerprint density at radius 1 is 1.14 bits per heavy atom. The summed E-state index contributed by atoms with van der Waals surface area (Å²) in [6.07, 6.45) is 11.5. The third kappa shape index (κ3) is 4.80. The van der Waals surface area contributed by atoms with Crippen LogP contribution in [0.5, 0.6) is 0 Å². The molecule has 36 heavy (non-hydrogen) atoms. The van der Waals surface area contributed by atoms with Crippen LogP contribution in [-0.4, -0.2) is 57.4 Å². The van der Waals surface area contributed by atoms with E-state index in [-0.39, 0.29) is 23.9 Å². The Hall–Kier alpha value is -1.31. The molecule has 2 saturated carbocycles. The average molecular weight is 503 g/mol. The highest BCUT2D eigenvalue weighted by Crippen LogP contribution is 2.62. The second-order valence-electron chi connectivity index (χ2n) is 12.9. The molecule has 202 valence electrons. The molecule has 3 N–H and O–H groups in total. The summed E-state index contributed by atoms with van der Waals surface area (Å²) in [4.78, 5) is 11.7. The number of hydrogen-bond donors (Lipinski definition) is 3.